The molecule has 6 nitrogen and oxygen atoms in total. The van der Waals surface area contributed by atoms with Crippen LogP contribution in [-0.4, -0.2) is 39.0 Å². The molecule has 7 heteroatoms. The average Bonchev–Trinajstić information content (AvgIpc) is 3.10. The number of nitrogens with one attached hydrogen (secondary N) is 1. The number of benzene rings is 2. The van der Waals surface area contributed by atoms with Gasteiger partial charge in [-0.2, -0.15) is 0 Å². The lowest BCUT2D eigenvalue weighted by Crippen LogP contribution is -2.42. The summed E-state index contributed by atoms with van der Waals surface area (Å²) in [5, 5.41) is 3.19. The van der Waals surface area contributed by atoms with Crippen molar-refractivity contribution in [2.75, 3.05) is 5.32 Å². The number of fused-ring (bicyclic) bond motifs is 3. The molecule has 2 aromatic carbocycles. The van der Waals surface area contributed by atoms with Crippen LogP contribution in [0.15, 0.2) is 52.4 Å². The number of hydrogen-bond acceptors (Lipinski definition) is 5. The third kappa shape index (κ3) is 4.74. The molecule has 4 rings (SSSR count). The number of amidine groups is 2. The minimum atomic E-state index is -0.416. The van der Waals surface area contributed by atoms with Crippen LogP contribution >= 0.6 is 11.8 Å². The Bertz CT molecular complexity index is 1150. The zero-order chi connectivity index (χ0) is 23.7. The topological polar surface area (TPSA) is 74.1 Å². The Kier molecular flexibility index (Phi) is 6.70. The van der Waals surface area contributed by atoms with Crippen LogP contribution in [0.4, 0.5) is 11.4 Å². The fraction of sp³-hybridized carbons (Fsp3) is 0.385. The lowest BCUT2D eigenvalue weighted by molar-refractivity contribution is -0.125. The van der Waals surface area contributed by atoms with Crippen LogP contribution in [-0.2, 0) is 9.59 Å². The van der Waals surface area contributed by atoms with Crippen molar-refractivity contribution in [2.45, 2.75) is 58.8 Å². The number of hydrogen-bond donors (Lipinski definition) is 1. The van der Waals surface area contributed by atoms with Gasteiger partial charge in [-0.3, -0.25) is 14.6 Å². The van der Waals surface area contributed by atoms with E-state index in [0.717, 1.165) is 28.1 Å². The smallest absolute Gasteiger partial charge is 0.259 e. The highest BCUT2D eigenvalue weighted by Gasteiger charge is 2.42. The van der Waals surface area contributed by atoms with E-state index in [1.807, 2.05) is 63.2 Å². The molecule has 0 spiro atoms. The number of amides is 2. The van der Waals surface area contributed by atoms with Crippen LogP contribution < -0.4 is 5.32 Å². The molecule has 0 aliphatic carbocycles. The molecular formula is C26H30N4O2S. The van der Waals surface area contributed by atoms with Crippen molar-refractivity contribution in [3.05, 3.63) is 59.2 Å². The highest BCUT2D eigenvalue weighted by atomic mass is 32.2. The quantitative estimate of drug-likeness (QED) is 0.620. The van der Waals surface area contributed by atoms with Gasteiger partial charge in [0.15, 0.2) is 5.17 Å². The van der Waals surface area contributed by atoms with Crippen LogP contribution in [0.25, 0.3) is 0 Å². The number of nitrogens with zero attached hydrogens (tertiary/aromatic N) is 3. The molecule has 1 N–H and O–H groups in total. The van der Waals surface area contributed by atoms with Gasteiger partial charge in [0, 0.05) is 11.3 Å². The molecule has 0 bridgehead atoms. The van der Waals surface area contributed by atoms with E-state index in [0.29, 0.717) is 29.8 Å². The third-order valence-electron chi connectivity index (χ3n) is 5.80. The highest BCUT2D eigenvalue weighted by molar-refractivity contribution is 8.15. The monoisotopic (exact) mass is 462 g/mol. The number of aliphatic imine (C=N–C) groups is 2. The maximum atomic E-state index is 13.3. The van der Waals surface area contributed by atoms with Gasteiger partial charge in [0.1, 0.15) is 11.9 Å². The molecule has 33 heavy (non-hydrogen) atoms. The molecular weight excluding hydrogens is 432 g/mol. The van der Waals surface area contributed by atoms with E-state index < -0.39 is 11.3 Å². The Morgan fingerprint density at radius 3 is 2.67 bits per heavy atom. The highest BCUT2D eigenvalue weighted by Crippen LogP contribution is 2.36. The van der Waals surface area contributed by atoms with Gasteiger partial charge in [-0.05, 0) is 61.9 Å². The summed E-state index contributed by atoms with van der Waals surface area (Å²) < 4.78 is 0. The first-order chi connectivity index (χ1) is 15.8. The summed E-state index contributed by atoms with van der Waals surface area (Å²) in [6.45, 7) is 10.1. The minimum Gasteiger partial charge on any atom is -0.325 e. The molecule has 0 saturated carbocycles. The SMILES string of the molecule is CC[C@@H](SC1=Nc2ccccc2C2=N[C@H](CC(C)C)C(=O)N12)C(=O)Nc1cc(C)ccc1C. The first kappa shape index (κ1) is 23.2. The number of rotatable bonds is 6. The maximum absolute atomic E-state index is 13.3. The Balaban J connectivity index is 1.62. The Morgan fingerprint density at radius 2 is 1.94 bits per heavy atom. The van der Waals surface area contributed by atoms with Gasteiger partial charge >= 0.3 is 0 Å². The van der Waals surface area contributed by atoms with E-state index in [1.54, 1.807) is 4.90 Å². The zero-order valence-electron chi connectivity index (χ0n) is 19.8. The summed E-state index contributed by atoms with van der Waals surface area (Å²) in [5.41, 5.74) is 4.54. The molecule has 0 fully saturated rings. The molecule has 2 amide bonds. The van der Waals surface area contributed by atoms with Crippen LogP contribution in [0.5, 0.6) is 0 Å². The normalized spacial score (nSPS) is 17.9. The van der Waals surface area contributed by atoms with Crippen LogP contribution in [0, 0.1) is 19.8 Å². The van der Waals surface area contributed by atoms with Crippen molar-refractivity contribution in [1.29, 1.82) is 0 Å². The van der Waals surface area contributed by atoms with E-state index >= 15 is 0 Å². The molecule has 2 aliphatic heterocycles. The van der Waals surface area contributed by atoms with Crippen molar-refractivity contribution >= 4 is 46.0 Å². The molecule has 0 saturated heterocycles. The van der Waals surface area contributed by atoms with E-state index in [1.165, 1.54) is 11.8 Å². The third-order valence-corrected chi connectivity index (χ3v) is 7.12. The first-order valence-electron chi connectivity index (χ1n) is 11.4. The second-order valence-electron chi connectivity index (χ2n) is 9.01. The summed E-state index contributed by atoms with van der Waals surface area (Å²) in [5.74, 6) is 0.828. The second-order valence-corrected chi connectivity index (χ2v) is 10.2. The second kappa shape index (κ2) is 9.51. The summed E-state index contributed by atoms with van der Waals surface area (Å²) in [7, 11) is 0. The van der Waals surface area contributed by atoms with Crippen molar-refractivity contribution in [1.82, 2.24) is 4.90 Å². The van der Waals surface area contributed by atoms with Gasteiger partial charge in [-0.1, -0.05) is 56.8 Å². The Hall–Kier alpha value is -2.93. The largest absolute Gasteiger partial charge is 0.325 e. The summed E-state index contributed by atoms with van der Waals surface area (Å²) >= 11 is 1.33. The zero-order valence-corrected chi connectivity index (χ0v) is 20.6. The van der Waals surface area contributed by atoms with Crippen molar-refractivity contribution < 1.29 is 9.59 Å². The van der Waals surface area contributed by atoms with E-state index in [9.17, 15) is 9.59 Å². The standard InChI is InChI=1S/C26H30N4O2S/c1-6-22(24(31)28-20-14-16(4)11-12-17(20)5)33-26-29-19-10-8-7-9-18(19)23-27-21(13-15(2)3)25(32)30(23)26/h7-12,14-15,21-22H,6,13H2,1-5H3,(H,28,31)/t21-,22-/m1/s1. The Labute approximate surface area is 199 Å². The van der Waals surface area contributed by atoms with Crippen molar-refractivity contribution in [3.8, 4) is 0 Å². The fourth-order valence-corrected chi connectivity index (χ4v) is 5.03. The number of aryl methyl sites for hydroxylation is 2. The number of para-hydroxylation sites is 1. The van der Waals surface area contributed by atoms with Gasteiger partial charge in [0.05, 0.1) is 10.9 Å². The molecule has 0 unspecified atom stereocenters. The summed E-state index contributed by atoms with van der Waals surface area (Å²) in [4.78, 5) is 37.7. The summed E-state index contributed by atoms with van der Waals surface area (Å²) in [6, 6.07) is 13.3. The lowest BCUT2D eigenvalue weighted by atomic mass is 10.0. The number of thioether (sulfide) groups is 1. The average molecular weight is 463 g/mol. The molecule has 0 aromatic heterocycles. The minimum absolute atomic E-state index is 0.0655. The molecule has 2 atom stereocenters. The first-order valence-corrected chi connectivity index (χ1v) is 12.3. The van der Waals surface area contributed by atoms with Crippen LogP contribution in [0.1, 0.15) is 50.3 Å². The molecule has 0 radical (unpaired) electrons. The number of carbonyl (C=O) groups excluding carboxylic acids is 2. The van der Waals surface area contributed by atoms with E-state index in [4.69, 9.17) is 9.98 Å². The Morgan fingerprint density at radius 1 is 1.18 bits per heavy atom. The molecule has 2 aromatic rings. The van der Waals surface area contributed by atoms with E-state index in [2.05, 4.69) is 19.2 Å². The number of carbonyl (C=O) groups is 2. The maximum Gasteiger partial charge on any atom is 0.259 e. The van der Waals surface area contributed by atoms with Gasteiger partial charge in [0.2, 0.25) is 5.91 Å². The molecule has 2 heterocycles. The van der Waals surface area contributed by atoms with Gasteiger partial charge < -0.3 is 5.32 Å². The van der Waals surface area contributed by atoms with Crippen LogP contribution in [0.2, 0.25) is 0 Å². The predicted octanol–water partition coefficient (Wildman–Crippen LogP) is 5.46. The number of anilines is 1. The van der Waals surface area contributed by atoms with Gasteiger partial charge in [-0.25, -0.2) is 9.89 Å². The van der Waals surface area contributed by atoms with E-state index in [-0.39, 0.29) is 11.8 Å². The molecule has 172 valence electrons. The van der Waals surface area contributed by atoms with Gasteiger partial charge in [0.25, 0.3) is 5.91 Å². The van der Waals surface area contributed by atoms with Crippen LogP contribution in [0.3, 0.4) is 0 Å². The lowest BCUT2D eigenvalue weighted by Gasteiger charge is -2.27. The van der Waals surface area contributed by atoms with Crippen molar-refractivity contribution in [2.24, 2.45) is 15.9 Å². The predicted molar refractivity (Wildman–Crippen MR) is 136 cm³/mol. The molecule has 2 aliphatic rings. The van der Waals surface area contributed by atoms with Crippen molar-refractivity contribution in [3.63, 3.8) is 0 Å². The fourth-order valence-electron chi connectivity index (χ4n) is 4.01. The van der Waals surface area contributed by atoms with Gasteiger partial charge in [-0.15, -0.1) is 0 Å². The summed E-state index contributed by atoms with van der Waals surface area (Å²) in [6.07, 6.45) is 1.29.